The minimum atomic E-state index is -0.854. The molecule has 0 saturated heterocycles. The number of hydrogen-bond donors (Lipinski definition) is 1. The molecule has 0 bridgehead atoms. The standard InChI is InChI=1S/C28H29N5O3S/c1-19(34)20-13-15-22(16-14-20)33(26(35)18-32-24-11-6-5-10-23(24)30-31-32)27(25-12-7-17-37-25)28(36)29-21-8-3-2-4-9-21/h5-7,10-17,21,27H,2-4,8-9,18H2,1H3,(H,29,36)/t27-/m0/s1. The molecule has 0 spiro atoms. The van der Waals surface area contributed by atoms with Gasteiger partial charge in [-0.3, -0.25) is 19.3 Å². The molecule has 2 heterocycles. The number of hydrogen-bond acceptors (Lipinski definition) is 6. The molecular weight excluding hydrogens is 486 g/mol. The minimum Gasteiger partial charge on any atom is -0.351 e. The van der Waals surface area contributed by atoms with Crippen molar-refractivity contribution in [3.8, 4) is 0 Å². The largest absolute Gasteiger partial charge is 0.351 e. The van der Waals surface area contributed by atoms with Gasteiger partial charge in [-0.15, -0.1) is 16.4 Å². The molecule has 8 nitrogen and oxygen atoms in total. The number of nitrogens with one attached hydrogen (secondary N) is 1. The second-order valence-corrected chi connectivity index (χ2v) is 10.3. The number of Topliss-reactive ketones (excluding diaryl/α,β-unsaturated/α-hetero) is 1. The zero-order valence-electron chi connectivity index (χ0n) is 20.7. The molecule has 1 saturated carbocycles. The molecule has 9 heteroatoms. The summed E-state index contributed by atoms with van der Waals surface area (Å²) in [6, 6.07) is 17.3. The van der Waals surface area contributed by atoms with Gasteiger partial charge in [-0.2, -0.15) is 0 Å². The Morgan fingerprint density at radius 3 is 2.49 bits per heavy atom. The van der Waals surface area contributed by atoms with Gasteiger partial charge in [0.25, 0.3) is 0 Å². The number of amides is 2. The van der Waals surface area contributed by atoms with E-state index in [-0.39, 0.29) is 30.2 Å². The van der Waals surface area contributed by atoms with Crippen LogP contribution in [0.25, 0.3) is 11.0 Å². The summed E-state index contributed by atoms with van der Waals surface area (Å²) in [5, 5.41) is 13.5. The summed E-state index contributed by atoms with van der Waals surface area (Å²) < 4.78 is 1.55. The first-order valence-electron chi connectivity index (χ1n) is 12.6. The lowest BCUT2D eigenvalue weighted by molar-refractivity contribution is -0.127. The van der Waals surface area contributed by atoms with Crippen LogP contribution in [-0.2, 0) is 16.1 Å². The van der Waals surface area contributed by atoms with E-state index in [1.54, 1.807) is 28.9 Å². The predicted molar refractivity (Wildman–Crippen MR) is 144 cm³/mol. The summed E-state index contributed by atoms with van der Waals surface area (Å²) in [4.78, 5) is 42.0. The van der Waals surface area contributed by atoms with E-state index in [0.29, 0.717) is 16.8 Å². The Morgan fingerprint density at radius 1 is 1.03 bits per heavy atom. The summed E-state index contributed by atoms with van der Waals surface area (Å²) in [5.41, 5.74) is 2.51. The molecule has 2 aromatic heterocycles. The first-order valence-corrected chi connectivity index (χ1v) is 13.4. The molecule has 1 N–H and O–H groups in total. The SMILES string of the molecule is CC(=O)c1ccc(N(C(=O)Cn2nnc3ccccc32)[C@H](C(=O)NC2CCCCC2)c2cccs2)cc1. The molecule has 1 aliphatic carbocycles. The second-order valence-electron chi connectivity index (χ2n) is 9.36. The van der Waals surface area contributed by atoms with Gasteiger partial charge in [-0.05, 0) is 67.6 Å². The van der Waals surface area contributed by atoms with Gasteiger partial charge in [-0.1, -0.05) is 42.7 Å². The van der Waals surface area contributed by atoms with Crippen LogP contribution < -0.4 is 10.2 Å². The van der Waals surface area contributed by atoms with Gasteiger partial charge in [0.2, 0.25) is 11.8 Å². The first-order chi connectivity index (χ1) is 18.0. The molecule has 190 valence electrons. The number of carbonyl (C=O) groups excluding carboxylic acids is 3. The third-order valence-electron chi connectivity index (χ3n) is 6.80. The fourth-order valence-electron chi connectivity index (χ4n) is 4.88. The van der Waals surface area contributed by atoms with Crippen molar-refractivity contribution in [2.45, 2.75) is 57.7 Å². The summed E-state index contributed by atoms with van der Waals surface area (Å²) >= 11 is 1.44. The maximum absolute atomic E-state index is 14.0. The maximum Gasteiger partial charge on any atom is 0.249 e. The summed E-state index contributed by atoms with van der Waals surface area (Å²) in [6.45, 7) is 1.41. The first kappa shape index (κ1) is 24.8. The average Bonchev–Trinajstić information content (AvgIpc) is 3.58. The van der Waals surface area contributed by atoms with Crippen molar-refractivity contribution in [2.24, 2.45) is 0 Å². The molecule has 0 radical (unpaired) electrons. The van der Waals surface area contributed by atoms with E-state index in [1.807, 2.05) is 41.8 Å². The third-order valence-corrected chi connectivity index (χ3v) is 7.72. The van der Waals surface area contributed by atoms with Crippen LogP contribution in [0.15, 0.2) is 66.0 Å². The van der Waals surface area contributed by atoms with Crippen LogP contribution in [0, 0.1) is 0 Å². The highest BCUT2D eigenvalue weighted by Crippen LogP contribution is 2.32. The molecule has 37 heavy (non-hydrogen) atoms. The highest BCUT2D eigenvalue weighted by Gasteiger charge is 2.35. The number of nitrogens with zero attached hydrogens (tertiary/aromatic N) is 4. The van der Waals surface area contributed by atoms with E-state index in [0.717, 1.165) is 36.1 Å². The van der Waals surface area contributed by atoms with Gasteiger partial charge < -0.3 is 5.32 Å². The number of anilines is 1. The number of para-hydroxylation sites is 1. The van der Waals surface area contributed by atoms with Crippen LogP contribution in [0.2, 0.25) is 0 Å². The third kappa shape index (κ3) is 5.46. The minimum absolute atomic E-state index is 0.0663. The monoisotopic (exact) mass is 515 g/mol. The van der Waals surface area contributed by atoms with Gasteiger partial charge >= 0.3 is 0 Å². The highest BCUT2D eigenvalue weighted by atomic mass is 32.1. The van der Waals surface area contributed by atoms with Crippen molar-refractivity contribution in [2.75, 3.05) is 4.90 Å². The molecule has 4 aromatic rings. The molecular formula is C28H29N5O3S. The quantitative estimate of drug-likeness (QED) is 0.336. The van der Waals surface area contributed by atoms with E-state index >= 15 is 0 Å². The van der Waals surface area contributed by atoms with Crippen LogP contribution in [0.3, 0.4) is 0 Å². The summed E-state index contributed by atoms with van der Waals surface area (Å²) in [6.07, 6.45) is 5.23. The Labute approximate surface area is 219 Å². The van der Waals surface area contributed by atoms with Gasteiger partial charge in [-0.25, -0.2) is 4.68 Å². The van der Waals surface area contributed by atoms with E-state index < -0.39 is 6.04 Å². The molecule has 5 rings (SSSR count). The number of ketones is 1. The van der Waals surface area contributed by atoms with E-state index in [9.17, 15) is 14.4 Å². The van der Waals surface area contributed by atoms with Crippen LogP contribution >= 0.6 is 11.3 Å². The molecule has 0 aliphatic heterocycles. The maximum atomic E-state index is 14.0. The second kappa shape index (κ2) is 11.0. The van der Waals surface area contributed by atoms with E-state index in [4.69, 9.17) is 0 Å². The average molecular weight is 516 g/mol. The van der Waals surface area contributed by atoms with E-state index in [2.05, 4.69) is 15.6 Å². The molecule has 2 amide bonds. The number of benzene rings is 2. The van der Waals surface area contributed by atoms with Gasteiger partial charge in [0.1, 0.15) is 18.1 Å². The number of thiophene rings is 1. The number of carbonyl (C=O) groups is 3. The molecule has 1 atom stereocenters. The summed E-state index contributed by atoms with van der Waals surface area (Å²) in [7, 11) is 0. The molecule has 2 aromatic carbocycles. The summed E-state index contributed by atoms with van der Waals surface area (Å²) in [5.74, 6) is -0.575. The van der Waals surface area contributed by atoms with Gasteiger partial charge in [0.15, 0.2) is 5.78 Å². The molecule has 1 fully saturated rings. The van der Waals surface area contributed by atoms with E-state index in [1.165, 1.54) is 29.6 Å². The normalized spacial score (nSPS) is 14.8. The fourth-order valence-corrected chi connectivity index (χ4v) is 5.69. The van der Waals surface area contributed by atoms with Crippen molar-refractivity contribution < 1.29 is 14.4 Å². The fraction of sp³-hybridized carbons (Fsp3) is 0.321. The van der Waals surface area contributed by atoms with Gasteiger partial charge in [0, 0.05) is 22.2 Å². The van der Waals surface area contributed by atoms with Crippen molar-refractivity contribution in [3.63, 3.8) is 0 Å². The lowest BCUT2D eigenvalue weighted by atomic mass is 9.95. The van der Waals surface area contributed by atoms with Crippen LogP contribution in [-0.4, -0.2) is 38.6 Å². The number of fused-ring (bicyclic) bond motifs is 1. The Kier molecular flexibility index (Phi) is 7.41. The van der Waals surface area contributed by atoms with Crippen LogP contribution in [0.5, 0.6) is 0 Å². The molecule has 1 aliphatic rings. The van der Waals surface area contributed by atoms with Crippen molar-refractivity contribution in [1.29, 1.82) is 0 Å². The number of aromatic nitrogens is 3. The number of rotatable bonds is 8. The predicted octanol–water partition coefficient (Wildman–Crippen LogP) is 4.92. The zero-order valence-corrected chi connectivity index (χ0v) is 21.5. The lowest BCUT2D eigenvalue weighted by Crippen LogP contribution is -2.48. The Balaban J connectivity index is 1.53. The highest BCUT2D eigenvalue weighted by molar-refractivity contribution is 7.10. The molecule has 0 unspecified atom stereocenters. The topological polar surface area (TPSA) is 97.2 Å². The van der Waals surface area contributed by atoms with Crippen LogP contribution in [0.4, 0.5) is 5.69 Å². The van der Waals surface area contributed by atoms with Crippen molar-refractivity contribution in [3.05, 3.63) is 76.5 Å². The van der Waals surface area contributed by atoms with Crippen molar-refractivity contribution in [1.82, 2.24) is 20.3 Å². The zero-order chi connectivity index (χ0) is 25.8. The lowest BCUT2D eigenvalue weighted by Gasteiger charge is -2.32. The van der Waals surface area contributed by atoms with Crippen LogP contribution in [0.1, 0.15) is 60.3 Å². The Bertz CT molecular complexity index is 1390. The van der Waals surface area contributed by atoms with Crippen molar-refractivity contribution >= 4 is 45.7 Å². The Morgan fingerprint density at radius 2 is 1.78 bits per heavy atom. The van der Waals surface area contributed by atoms with Gasteiger partial charge in [0.05, 0.1) is 5.52 Å². The smallest absolute Gasteiger partial charge is 0.249 e. The Hall–Kier alpha value is -3.85.